The third-order valence-electron chi connectivity index (χ3n) is 11.7. The number of hydrogen-bond acceptors (Lipinski definition) is 4. The predicted molar refractivity (Wildman–Crippen MR) is 249 cm³/mol. The van der Waals surface area contributed by atoms with Crippen molar-refractivity contribution in [1.82, 2.24) is 5.32 Å². The summed E-state index contributed by atoms with van der Waals surface area (Å²) in [5.74, 6) is -0.893. The monoisotopic (exact) mass is 824 g/mol. The lowest BCUT2D eigenvalue weighted by atomic mass is 10.0. The topological polar surface area (TPSA) is 104 Å². The van der Waals surface area contributed by atoms with Crippen molar-refractivity contribution < 1.29 is 22.9 Å². The summed E-state index contributed by atoms with van der Waals surface area (Å²) >= 11 is 0. The van der Waals surface area contributed by atoms with Crippen LogP contribution in [0.4, 0.5) is 0 Å². The second-order valence-corrected chi connectivity index (χ2v) is 18.9. The van der Waals surface area contributed by atoms with Gasteiger partial charge < -0.3 is 10.4 Å². The number of rotatable bonds is 46. The van der Waals surface area contributed by atoms with Crippen LogP contribution in [0.5, 0.6) is 0 Å². The fraction of sp³-hybridized carbons (Fsp3) is 0.900. The summed E-state index contributed by atoms with van der Waals surface area (Å²) in [6.45, 7) is 4.54. The minimum Gasteiger partial charge on any atom is -0.391 e. The molecule has 0 aromatic rings. The number of aliphatic hydroxyl groups is 1. The fourth-order valence-electron chi connectivity index (χ4n) is 7.90. The molecule has 3 N–H and O–H groups in total. The van der Waals surface area contributed by atoms with Crippen molar-refractivity contribution in [3.05, 3.63) is 24.3 Å². The summed E-state index contributed by atoms with van der Waals surface area (Å²) in [5.41, 5.74) is 0. The van der Waals surface area contributed by atoms with Crippen LogP contribution in [0.1, 0.15) is 271 Å². The minimum atomic E-state index is -4.32. The molecule has 0 rings (SSSR count). The normalized spacial score (nSPS) is 13.3. The molecule has 0 aliphatic heterocycles. The van der Waals surface area contributed by atoms with E-state index in [-0.39, 0.29) is 5.91 Å². The molecule has 338 valence electrons. The Bertz CT molecular complexity index is 997. The number of hydrogen-bond donors (Lipinski definition) is 3. The van der Waals surface area contributed by atoms with Gasteiger partial charge in [-0.2, -0.15) is 8.42 Å². The molecule has 0 spiro atoms. The van der Waals surface area contributed by atoms with Gasteiger partial charge in [0.05, 0.1) is 17.9 Å². The number of nitrogens with one attached hydrogen (secondary N) is 1. The van der Waals surface area contributed by atoms with Crippen molar-refractivity contribution in [1.29, 1.82) is 0 Å². The van der Waals surface area contributed by atoms with E-state index in [1.165, 1.54) is 199 Å². The van der Waals surface area contributed by atoms with Crippen LogP contribution >= 0.6 is 0 Å². The standard InChI is InChI=1S/C50H97NO5S/c1-3-5-7-9-11-13-15-17-19-21-23-25-27-29-31-33-35-37-39-41-43-45-49(52)48(47-57(54,55)56)51-50(53)46-44-42-40-38-36-34-32-30-28-26-24-22-20-18-16-14-12-10-8-6-4-2/h16,18,22,24,48-49,52H,3-15,17,19-21,23,25-47H2,1-2H3,(H,51,53)(H,54,55,56)/b18-16-,24-22-. The summed E-state index contributed by atoms with van der Waals surface area (Å²) < 4.78 is 32.7. The van der Waals surface area contributed by atoms with Gasteiger partial charge in [-0.3, -0.25) is 9.35 Å². The van der Waals surface area contributed by atoms with Gasteiger partial charge in [0.25, 0.3) is 10.1 Å². The fourth-order valence-corrected chi connectivity index (χ4v) is 8.66. The zero-order chi connectivity index (χ0) is 41.8. The first-order valence-electron chi connectivity index (χ1n) is 25.0. The highest BCUT2D eigenvalue weighted by Crippen LogP contribution is 2.17. The van der Waals surface area contributed by atoms with E-state index in [1.807, 2.05) is 0 Å². The smallest absolute Gasteiger partial charge is 0.266 e. The van der Waals surface area contributed by atoms with E-state index in [1.54, 1.807) is 0 Å². The molecule has 0 saturated heterocycles. The number of carbonyl (C=O) groups is 1. The molecule has 0 fully saturated rings. The first-order chi connectivity index (χ1) is 27.8. The van der Waals surface area contributed by atoms with Crippen LogP contribution in [0.2, 0.25) is 0 Å². The van der Waals surface area contributed by atoms with Crippen LogP contribution in [-0.4, -0.2) is 41.9 Å². The van der Waals surface area contributed by atoms with E-state index < -0.39 is 28.0 Å². The number of aliphatic hydroxyl groups excluding tert-OH is 1. The third kappa shape index (κ3) is 45.7. The van der Waals surface area contributed by atoms with Gasteiger partial charge in [0, 0.05) is 6.42 Å². The van der Waals surface area contributed by atoms with Crippen LogP contribution in [0, 0.1) is 0 Å². The van der Waals surface area contributed by atoms with Gasteiger partial charge in [-0.25, -0.2) is 0 Å². The van der Waals surface area contributed by atoms with Crippen molar-refractivity contribution in [3.8, 4) is 0 Å². The second-order valence-electron chi connectivity index (χ2n) is 17.5. The Hall–Kier alpha value is -1.18. The Morgan fingerprint density at radius 1 is 0.474 bits per heavy atom. The molecule has 1 amide bonds. The van der Waals surface area contributed by atoms with Gasteiger partial charge in [-0.1, -0.05) is 244 Å². The number of allylic oxidation sites excluding steroid dienone is 4. The summed E-state index contributed by atoms with van der Waals surface area (Å²) in [7, 11) is -4.32. The zero-order valence-electron chi connectivity index (χ0n) is 38.0. The molecule has 0 aromatic carbocycles. The molecule has 2 atom stereocenters. The lowest BCUT2D eigenvalue weighted by molar-refractivity contribution is -0.122. The van der Waals surface area contributed by atoms with E-state index in [9.17, 15) is 22.9 Å². The number of carbonyl (C=O) groups excluding carboxylic acids is 1. The molecule has 0 radical (unpaired) electrons. The molecule has 6 nitrogen and oxygen atoms in total. The van der Waals surface area contributed by atoms with E-state index in [0.717, 1.165) is 44.9 Å². The minimum absolute atomic E-state index is 0.246. The highest BCUT2D eigenvalue weighted by atomic mass is 32.2. The molecule has 0 aliphatic carbocycles. The Kier molecular flexibility index (Phi) is 43.5. The van der Waals surface area contributed by atoms with Gasteiger partial charge in [-0.05, 0) is 44.9 Å². The van der Waals surface area contributed by atoms with E-state index in [4.69, 9.17) is 0 Å². The third-order valence-corrected chi connectivity index (χ3v) is 12.4. The van der Waals surface area contributed by atoms with Crippen molar-refractivity contribution in [2.24, 2.45) is 0 Å². The largest absolute Gasteiger partial charge is 0.391 e. The summed E-state index contributed by atoms with van der Waals surface area (Å²) in [6.07, 6.45) is 57.1. The molecule has 57 heavy (non-hydrogen) atoms. The lowest BCUT2D eigenvalue weighted by Crippen LogP contribution is -2.47. The first kappa shape index (κ1) is 55.8. The van der Waals surface area contributed by atoms with Gasteiger partial charge in [-0.15, -0.1) is 0 Å². The average molecular weight is 824 g/mol. The quantitative estimate of drug-likeness (QED) is 0.0322. The molecular formula is C50H97NO5S. The second kappa shape index (κ2) is 44.4. The molecular weight excluding hydrogens is 727 g/mol. The first-order valence-corrected chi connectivity index (χ1v) is 26.6. The lowest BCUT2D eigenvalue weighted by Gasteiger charge is -2.23. The van der Waals surface area contributed by atoms with Crippen LogP contribution < -0.4 is 5.32 Å². The van der Waals surface area contributed by atoms with E-state index >= 15 is 0 Å². The Morgan fingerprint density at radius 2 is 0.789 bits per heavy atom. The summed E-state index contributed by atoms with van der Waals surface area (Å²) in [4.78, 5) is 12.6. The Balaban J connectivity index is 3.76. The molecule has 0 heterocycles. The van der Waals surface area contributed by atoms with Gasteiger partial charge in [0.1, 0.15) is 0 Å². The van der Waals surface area contributed by atoms with Crippen molar-refractivity contribution in [2.45, 2.75) is 283 Å². The SMILES string of the molecule is CCCCCCC/C=C\C/C=C\CCCCCCCCCCCC(=O)NC(CS(=O)(=O)O)C(O)CCCCCCCCCCCCCCCCCCCCCCC. The zero-order valence-corrected chi connectivity index (χ0v) is 38.8. The van der Waals surface area contributed by atoms with E-state index in [0.29, 0.717) is 12.8 Å². The summed E-state index contributed by atoms with van der Waals surface area (Å²) in [5, 5.41) is 13.4. The maximum atomic E-state index is 12.6. The van der Waals surface area contributed by atoms with Gasteiger partial charge in [0.15, 0.2) is 0 Å². The molecule has 2 unspecified atom stereocenters. The van der Waals surface area contributed by atoms with Crippen LogP contribution in [-0.2, 0) is 14.9 Å². The Labute approximate surface area is 355 Å². The van der Waals surface area contributed by atoms with Crippen LogP contribution in [0.15, 0.2) is 24.3 Å². The molecule has 0 aliphatic rings. The maximum Gasteiger partial charge on any atom is 0.266 e. The number of amides is 1. The molecule has 7 heteroatoms. The maximum absolute atomic E-state index is 12.6. The summed E-state index contributed by atoms with van der Waals surface area (Å²) in [6, 6.07) is -0.972. The van der Waals surface area contributed by atoms with Crippen LogP contribution in [0.25, 0.3) is 0 Å². The predicted octanol–water partition coefficient (Wildman–Crippen LogP) is 15.5. The highest BCUT2D eigenvalue weighted by molar-refractivity contribution is 7.85. The van der Waals surface area contributed by atoms with E-state index in [2.05, 4.69) is 43.5 Å². The Morgan fingerprint density at radius 3 is 1.14 bits per heavy atom. The average Bonchev–Trinajstić information content (AvgIpc) is 3.18. The molecule has 0 aromatic heterocycles. The van der Waals surface area contributed by atoms with Gasteiger partial charge in [0.2, 0.25) is 5.91 Å². The van der Waals surface area contributed by atoms with Crippen molar-refractivity contribution in [2.75, 3.05) is 5.75 Å². The van der Waals surface area contributed by atoms with Crippen molar-refractivity contribution >= 4 is 16.0 Å². The number of unbranched alkanes of at least 4 members (excludes halogenated alkanes) is 34. The molecule has 0 saturated carbocycles. The van der Waals surface area contributed by atoms with Gasteiger partial charge >= 0.3 is 0 Å². The highest BCUT2D eigenvalue weighted by Gasteiger charge is 2.26. The molecule has 0 bridgehead atoms. The van der Waals surface area contributed by atoms with Crippen molar-refractivity contribution in [3.63, 3.8) is 0 Å². The van der Waals surface area contributed by atoms with Crippen LogP contribution in [0.3, 0.4) is 0 Å².